The summed E-state index contributed by atoms with van der Waals surface area (Å²) in [5, 5.41) is 16.2. The quantitative estimate of drug-likeness (QED) is 0.440. The zero-order valence-electron chi connectivity index (χ0n) is 5.57. The van der Waals surface area contributed by atoms with Crippen LogP contribution in [0, 0.1) is 11.8 Å². The summed E-state index contributed by atoms with van der Waals surface area (Å²) in [4.78, 5) is 19.8. The van der Waals surface area contributed by atoms with E-state index in [0.29, 0.717) is 0 Å². The molecule has 0 aliphatic rings. The molecule has 0 saturated carbocycles. The lowest BCUT2D eigenvalue weighted by molar-refractivity contribution is -0.138. The van der Waals surface area contributed by atoms with Gasteiger partial charge in [-0.3, -0.25) is 4.79 Å². The second-order valence-corrected chi connectivity index (χ2v) is 1.76. The predicted molar refractivity (Wildman–Crippen MR) is 35.6 cm³/mol. The van der Waals surface area contributed by atoms with Crippen molar-refractivity contribution in [1.82, 2.24) is 0 Å². The third-order valence-electron chi connectivity index (χ3n) is 0.834. The Bertz CT molecular complexity index is 224. The minimum absolute atomic E-state index is 0.151. The Kier molecular flexibility index (Phi) is 3.70. The second kappa shape index (κ2) is 4.30. The fourth-order valence-corrected chi connectivity index (χ4v) is 0.324. The third kappa shape index (κ3) is 4.93. The lowest BCUT2D eigenvalue weighted by atomic mass is 10.2. The number of carboxylic acid groups (broad SMARTS) is 2. The Morgan fingerprint density at radius 1 is 1.45 bits per heavy atom. The van der Waals surface area contributed by atoms with Gasteiger partial charge in [0.25, 0.3) is 0 Å². The molecule has 4 N–H and O–H groups in total. The smallest absolute Gasteiger partial charge is 0.381 e. The van der Waals surface area contributed by atoms with Crippen molar-refractivity contribution >= 4 is 11.9 Å². The van der Waals surface area contributed by atoms with Crippen LogP contribution in [0.5, 0.6) is 0 Å². The van der Waals surface area contributed by atoms with Crippen molar-refractivity contribution in [1.29, 1.82) is 0 Å². The summed E-state index contributed by atoms with van der Waals surface area (Å²) in [5.74, 6) is 1.39. The van der Waals surface area contributed by atoms with E-state index in [0.717, 1.165) is 0 Å². The van der Waals surface area contributed by atoms with E-state index in [1.807, 2.05) is 0 Å². The number of aliphatic carboxylic acids is 2. The molecule has 0 radical (unpaired) electrons. The fraction of sp³-hybridized carbons (Fsp3) is 0.333. The van der Waals surface area contributed by atoms with Gasteiger partial charge in [0.05, 0.1) is 0 Å². The normalized spacial score (nSPS) is 11.0. The van der Waals surface area contributed by atoms with Crippen LogP contribution in [0.25, 0.3) is 0 Å². The van der Waals surface area contributed by atoms with E-state index < -0.39 is 18.0 Å². The average Bonchev–Trinajstić information content (AvgIpc) is 1.86. The van der Waals surface area contributed by atoms with Gasteiger partial charge in [-0.05, 0) is 0 Å². The van der Waals surface area contributed by atoms with E-state index in [1.54, 1.807) is 5.92 Å². The molecule has 1 unspecified atom stereocenters. The van der Waals surface area contributed by atoms with Gasteiger partial charge in [0.15, 0.2) is 0 Å². The van der Waals surface area contributed by atoms with Gasteiger partial charge in [0, 0.05) is 12.3 Å². The summed E-state index contributed by atoms with van der Waals surface area (Å²) in [7, 11) is 0. The maximum atomic E-state index is 10.0. The molecular weight excluding hydrogens is 150 g/mol. The van der Waals surface area contributed by atoms with Gasteiger partial charge in [-0.25, -0.2) is 4.79 Å². The van der Waals surface area contributed by atoms with Gasteiger partial charge in [0.1, 0.15) is 6.04 Å². The van der Waals surface area contributed by atoms with E-state index >= 15 is 0 Å². The van der Waals surface area contributed by atoms with Crippen LogP contribution in [0.4, 0.5) is 0 Å². The SMILES string of the molecule is NC(CC#CC(=O)O)C(=O)O. The molecule has 5 heteroatoms. The van der Waals surface area contributed by atoms with Gasteiger partial charge in [0.2, 0.25) is 0 Å². The zero-order chi connectivity index (χ0) is 8.85. The number of rotatable bonds is 2. The maximum Gasteiger partial charge on any atom is 0.381 e. The van der Waals surface area contributed by atoms with Gasteiger partial charge in [-0.1, -0.05) is 5.92 Å². The van der Waals surface area contributed by atoms with Gasteiger partial charge in [-0.15, -0.1) is 0 Å². The molecule has 0 aromatic rings. The minimum Gasteiger partial charge on any atom is -0.480 e. The molecule has 0 aromatic carbocycles. The van der Waals surface area contributed by atoms with Crippen LogP contribution in [0.15, 0.2) is 0 Å². The van der Waals surface area contributed by atoms with Gasteiger partial charge in [-0.2, -0.15) is 0 Å². The highest BCUT2D eigenvalue weighted by molar-refractivity contribution is 5.86. The highest BCUT2D eigenvalue weighted by Crippen LogP contribution is 1.84. The van der Waals surface area contributed by atoms with Gasteiger partial charge < -0.3 is 15.9 Å². The Labute approximate surface area is 62.8 Å². The topological polar surface area (TPSA) is 101 Å². The molecule has 0 fully saturated rings. The molecular formula is C6H7NO4. The summed E-state index contributed by atoms with van der Waals surface area (Å²) in [6.45, 7) is 0. The molecule has 1 atom stereocenters. The van der Waals surface area contributed by atoms with Crippen LogP contribution in [-0.4, -0.2) is 28.2 Å². The van der Waals surface area contributed by atoms with E-state index in [1.165, 1.54) is 0 Å². The number of hydrogen-bond acceptors (Lipinski definition) is 3. The summed E-state index contributed by atoms with van der Waals surface area (Å²) in [5.41, 5.74) is 5.01. The molecule has 0 aliphatic carbocycles. The van der Waals surface area contributed by atoms with E-state index in [4.69, 9.17) is 15.9 Å². The molecule has 0 rings (SSSR count). The molecule has 0 saturated heterocycles. The van der Waals surface area contributed by atoms with Crippen molar-refractivity contribution < 1.29 is 19.8 Å². The Balaban J connectivity index is 3.82. The van der Waals surface area contributed by atoms with E-state index in [2.05, 4.69) is 5.92 Å². The molecule has 0 spiro atoms. The van der Waals surface area contributed by atoms with Crippen LogP contribution in [0.2, 0.25) is 0 Å². The first-order chi connectivity index (χ1) is 5.04. The third-order valence-corrected chi connectivity index (χ3v) is 0.834. The van der Waals surface area contributed by atoms with Crippen LogP contribution in [0.1, 0.15) is 6.42 Å². The van der Waals surface area contributed by atoms with Crippen LogP contribution in [0.3, 0.4) is 0 Å². The fourth-order valence-electron chi connectivity index (χ4n) is 0.324. The van der Waals surface area contributed by atoms with E-state index in [-0.39, 0.29) is 6.42 Å². The lowest BCUT2D eigenvalue weighted by Crippen LogP contribution is -2.29. The molecule has 5 nitrogen and oxygen atoms in total. The van der Waals surface area contributed by atoms with Crippen LogP contribution in [-0.2, 0) is 9.59 Å². The summed E-state index contributed by atoms with van der Waals surface area (Å²) in [6, 6.07) is -1.11. The standard InChI is InChI=1S/C6H7NO4/c7-4(6(10)11)2-1-3-5(8)9/h4H,2,7H2,(H,8,9)(H,10,11). The summed E-state index contributed by atoms with van der Waals surface area (Å²) in [6.07, 6.45) is -0.151. The van der Waals surface area contributed by atoms with Crippen molar-refractivity contribution in [3.63, 3.8) is 0 Å². The van der Waals surface area contributed by atoms with Crippen LogP contribution < -0.4 is 5.73 Å². The molecule has 0 heterocycles. The van der Waals surface area contributed by atoms with Crippen molar-refractivity contribution in [3.8, 4) is 11.8 Å². The summed E-state index contributed by atoms with van der Waals surface area (Å²) >= 11 is 0. The largest absolute Gasteiger partial charge is 0.480 e. The van der Waals surface area contributed by atoms with Crippen molar-refractivity contribution in [2.75, 3.05) is 0 Å². The first-order valence-electron chi connectivity index (χ1n) is 2.74. The average molecular weight is 157 g/mol. The molecule has 60 valence electrons. The van der Waals surface area contributed by atoms with Gasteiger partial charge >= 0.3 is 11.9 Å². The first-order valence-corrected chi connectivity index (χ1v) is 2.74. The molecule has 11 heavy (non-hydrogen) atoms. The minimum atomic E-state index is -1.29. The number of nitrogens with two attached hydrogens (primary N) is 1. The Hall–Kier alpha value is -1.54. The lowest BCUT2D eigenvalue weighted by Gasteiger charge is -1.97. The zero-order valence-corrected chi connectivity index (χ0v) is 5.57. The molecule has 0 aromatic heterocycles. The Morgan fingerprint density at radius 2 is 2.00 bits per heavy atom. The number of carbonyl (C=O) groups is 2. The van der Waals surface area contributed by atoms with Crippen molar-refractivity contribution in [2.24, 2.45) is 5.73 Å². The second-order valence-electron chi connectivity index (χ2n) is 1.76. The van der Waals surface area contributed by atoms with Crippen LogP contribution >= 0.6 is 0 Å². The number of hydrogen-bond donors (Lipinski definition) is 3. The maximum absolute atomic E-state index is 10.0. The highest BCUT2D eigenvalue weighted by Gasteiger charge is 2.08. The van der Waals surface area contributed by atoms with E-state index in [9.17, 15) is 9.59 Å². The first kappa shape index (κ1) is 9.46. The van der Waals surface area contributed by atoms with Crippen molar-refractivity contribution in [3.05, 3.63) is 0 Å². The molecule has 0 bridgehead atoms. The Morgan fingerprint density at radius 3 is 2.36 bits per heavy atom. The monoisotopic (exact) mass is 157 g/mol. The summed E-state index contributed by atoms with van der Waals surface area (Å²) < 4.78 is 0. The number of carboxylic acids is 2. The highest BCUT2D eigenvalue weighted by atomic mass is 16.4. The predicted octanol–water partition coefficient (Wildman–Crippen LogP) is -1.12. The molecule has 0 amide bonds. The molecule has 0 aliphatic heterocycles. The van der Waals surface area contributed by atoms with Crippen molar-refractivity contribution in [2.45, 2.75) is 12.5 Å².